The van der Waals surface area contributed by atoms with Crippen LogP contribution < -0.4 is 10.1 Å². The van der Waals surface area contributed by atoms with E-state index in [9.17, 15) is 14.7 Å². The summed E-state index contributed by atoms with van der Waals surface area (Å²) in [6.07, 6.45) is 3.59. The first-order chi connectivity index (χ1) is 11.0. The molecule has 23 heavy (non-hydrogen) atoms. The molecule has 5 nitrogen and oxygen atoms in total. The first-order valence-corrected chi connectivity index (χ1v) is 8.25. The Kier molecular flexibility index (Phi) is 6.02. The van der Waals surface area contributed by atoms with Crippen molar-refractivity contribution in [1.82, 2.24) is 5.32 Å². The SMILES string of the molecule is CCC(C)c1ccccc1OCC(=O)NC(CC1CC1)C(=O)O. The second-order valence-electron chi connectivity index (χ2n) is 6.27. The number of hydrogen-bond acceptors (Lipinski definition) is 3. The zero-order chi connectivity index (χ0) is 16.8. The molecule has 1 saturated carbocycles. The van der Waals surface area contributed by atoms with E-state index in [4.69, 9.17) is 4.74 Å². The summed E-state index contributed by atoms with van der Waals surface area (Å²) < 4.78 is 5.62. The Balaban J connectivity index is 1.89. The molecule has 1 aliphatic carbocycles. The highest BCUT2D eigenvalue weighted by Crippen LogP contribution is 2.33. The predicted octanol–water partition coefficient (Wildman–Crippen LogP) is 2.95. The maximum Gasteiger partial charge on any atom is 0.326 e. The number of benzene rings is 1. The number of aliphatic carboxylic acids is 1. The molecule has 2 rings (SSSR count). The lowest BCUT2D eigenvalue weighted by molar-refractivity contribution is -0.142. The minimum atomic E-state index is -0.981. The van der Waals surface area contributed by atoms with Crippen LogP contribution in [0.3, 0.4) is 0 Å². The number of carbonyl (C=O) groups excluding carboxylic acids is 1. The molecule has 2 unspecified atom stereocenters. The van der Waals surface area contributed by atoms with Crippen molar-refractivity contribution in [3.8, 4) is 5.75 Å². The van der Waals surface area contributed by atoms with E-state index in [1.165, 1.54) is 0 Å². The fourth-order valence-corrected chi connectivity index (χ4v) is 2.53. The average Bonchev–Trinajstić information content (AvgIpc) is 3.35. The van der Waals surface area contributed by atoms with E-state index in [1.54, 1.807) is 0 Å². The fourth-order valence-electron chi connectivity index (χ4n) is 2.53. The molecule has 0 aromatic heterocycles. The van der Waals surface area contributed by atoms with Crippen molar-refractivity contribution >= 4 is 11.9 Å². The standard InChI is InChI=1S/C18H25NO4/c1-3-12(2)14-6-4-5-7-16(14)23-11-17(20)19-15(18(21)22)10-13-8-9-13/h4-7,12-13,15H,3,8-11H2,1-2H3,(H,19,20)(H,21,22). The van der Waals surface area contributed by atoms with Gasteiger partial charge >= 0.3 is 5.97 Å². The highest BCUT2D eigenvalue weighted by Gasteiger charge is 2.30. The summed E-state index contributed by atoms with van der Waals surface area (Å²) in [5.41, 5.74) is 1.07. The van der Waals surface area contributed by atoms with E-state index in [0.29, 0.717) is 24.0 Å². The Morgan fingerprint density at radius 2 is 2.04 bits per heavy atom. The maximum atomic E-state index is 12.0. The minimum absolute atomic E-state index is 0.165. The normalized spacial score (nSPS) is 16.4. The Bertz CT molecular complexity index is 554. The van der Waals surface area contributed by atoms with Crippen molar-refractivity contribution < 1.29 is 19.4 Å². The molecule has 1 aliphatic rings. The van der Waals surface area contributed by atoms with Crippen LogP contribution in [0.5, 0.6) is 5.75 Å². The number of carboxylic acid groups (broad SMARTS) is 1. The van der Waals surface area contributed by atoms with E-state index in [1.807, 2.05) is 24.3 Å². The van der Waals surface area contributed by atoms with E-state index in [2.05, 4.69) is 19.2 Å². The van der Waals surface area contributed by atoms with Gasteiger partial charge < -0.3 is 15.2 Å². The molecule has 2 atom stereocenters. The third kappa shape index (κ3) is 5.27. The molecule has 5 heteroatoms. The molecule has 1 aromatic rings. The number of ether oxygens (including phenoxy) is 1. The fraction of sp³-hybridized carbons (Fsp3) is 0.556. The van der Waals surface area contributed by atoms with E-state index in [0.717, 1.165) is 24.8 Å². The van der Waals surface area contributed by atoms with Crippen LogP contribution in [0.15, 0.2) is 24.3 Å². The van der Waals surface area contributed by atoms with Crippen LogP contribution in [0.25, 0.3) is 0 Å². The number of carboxylic acids is 1. The van der Waals surface area contributed by atoms with Crippen LogP contribution >= 0.6 is 0 Å². The number of carbonyl (C=O) groups is 2. The van der Waals surface area contributed by atoms with Crippen LogP contribution in [-0.4, -0.2) is 29.6 Å². The van der Waals surface area contributed by atoms with Crippen LogP contribution in [0.1, 0.15) is 51.0 Å². The summed E-state index contributed by atoms with van der Waals surface area (Å²) in [7, 11) is 0. The van der Waals surface area contributed by atoms with E-state index >= 15 is 0 Å². The van der Waals surface area contributed by atoms with Crippen LogP contribution in [0.2, 0.25) is 0 Å². The third-order valence-corrected chi connectivity index (χ3v) is 4.32. The molecule has 0 spiro atoms. The van der Waals surface area contributed by atoms with Crippen molar-refractivity contribution in [3.05, 3.63) is 29.8 Å². The van der Waals surface area contributed by atoms with Gasteiger partial charge in [0, 0.05) is 0 Å². The van der Waals surface area contributed by atoms with E-state index < -0.39 is 17.9 Å². The van der Waals surface area contributed by atoms with Crippen molar-refractivity contribution in [1.29, 1.82) is 0 Å². The molecule has 1 aromatic carbocycles. The first kappa shape index (κ1) is 17.3. The Labute approximate surface area is 137 Å². The van der Waals surface area contributed by atoms with Gasteiger partial charge in [0.25, 0.3) is 5.91 Å². The molecule has 0 heterocycles. The summed E-state index contributed by atoms with van der Waals surface area (Å²) in [6, 6.07) is 6.84. The summed E-state index contributed by atoms with van der Waals surface area (Å²) in [5.74, 6) is 0.0904. The third-order valence-electron chi connectivity index (χ3n) is 4.32. The van der Waals surface area contributed by atoms with Gasteiger partial charge in [-0.2, -0.15) is 0 Å². The molecule has 0 bridgehead atoms. The van der Waals surface area contributed by atoms with Gasteiger partial charge in [0.2, 0.25) is 0 Å². The second kappa shape index (κ2) is 7.99. The molecule has 126 valence electrons. The van der Waals surface area contributed by atoms with Crippen molar-refractivity contribution in [2.45, 2.75) is 51.5 Å². The van der Waals surface area contributed by atoms with Gasteiger partial charge in [-0.3, -0.25) is 4.79 Å². The van der Waals surface area contributed by atoms with Gasteiger partial charge in [0.15, 0.2) is 6.61 Å². The van der Waals surface area contributed by atoms with Gasteiger partial charge in [0.1, 0.15) is 11.8 Å². The summed E-state index contributed by atoms with van der Waals surface area (Å²) in [4.78, 5) is 23.2. The number of rotatable bonds is 9. The zero-order valence-corrected chi connectivity index (χ0v) is 13.7. The van der Waals surface area contributed by atoms with Crippen molar-refractivity contribution in [3.63, 3.8) is 0 Å². The van der Waals surface area contributed by atoms with Gasteiger partial charge in [0.05, 0.1) is 0 Å². The highest BCUT2D eigenvalue weighted by atomic mass is 16.5. The minimum Gasteiger partial charge on any atom is -0.483 e. The van der Waals surface area contributed by atoms with Gasteiger partial charge in [-0.15, -0.1) is 0 Å². The quantitative estimate of drug-likeness (QED) is 0.734. The monoisotopic (exact) mass is 319 g/mol. The van der Waals surface area contributed by atoms with Gasteiger partial charge in [-0.25, -0.2) is 4.79 Å². The summed E-state index contributed by atoms with van der Waals surface area (Å²) >= 11 is 0. The average molecular weight is 319 g/mol. The molecule has 0 radical (unpaired) electrons. The van der Waals surface area contributed by atoms with Crippen molar-refractivity contribution in [2.24, 2.45) is 5.92 Å². The molecular formula is C18H25NO4. The molecule has 2 N–H and O–H groups in total. The van der Waals surface area contributed by atoms with Crippen LogP contribution in [0.4, 0.5) is 0 Å². The maximum absolute atomic E-state index is 12.0. The van der Waals surface area contributed by atoms with Gasteiger partial charge in [-0.05, 0) is 36.3 Å². The largest absolute Gasteiger partial charge is 0.483 e. The van der Waals surface area contributed by atoms with Gasteiger partial charge in [-0.1, -0.05) is 44.9 Å². The van der Waals surface area contributed by atoms with Crippen LogP contribution in [0, 0.1) is 5.92 Å². The Hall–Kier alpha value is -2.04. The summed E-state index contributed by atoms with van der Waals surface area (Å²) in [6.45, 7) is 4.05. The molecular weight excluding hydrogens is 294 g/mol. The topological polar surface area (TPSA) is 75.6 Å². The molecule has 0 saturated heterocycles. The number of amides is 1. The first-order valence-electron chi connectivity index (χ1n) is 8.25. The zero-order valence-electron chi connectivity index (χ0n) is 13.7. The molecule has 1 amide bonds. The molecule has 1 fully saturated rings. The number of para-hydroxylation sites is 1. The van der Waals surface area contributed by atoms with E-state index in [-0.39, 0.29) is 6.61 Å². The molecule has 0 aliphatic heterocycles. The smallest absolute Gasteiger partial charge is 0.326 e. The lowest BCUT2D eigenvalue weighted by atomic mass is 9.98. The number of nitrogens with one attached hydrogen (secondary N) is 1. The highest BCUT2D eigenvalue weighted by molar-refractivity contribution is 5.84. The lowest BCUT2D eigenvalue weighted by Crippen LogP contribution is -2.43. The summed E-state index contributed by atoms with van der Waals surface area (Å²) in [5, 5.41) is 11.7. The van der Waals surface area contributed by atoms with Crippen molar-refractivity contribution in [2.75, 3.05) is 6.61 Å². The van der Waals surface area contributed by atoms with Crippen LogP contribution in [-0.2, 0) is 9.59 Å². The predicted molar refractivity (Wildman–Crippen MR) is 87.6 cm³/mol. The lowest BCUT2D eigenvalue weighted by Gasteiger charge is -2.17. The Morgan fingerprint density at radius 1 is 1.35 bits per heavy atom. The second-order valence-corrected chi connectivity index (χ2v) is 6.27. The Morgan fingerprint density at radius 3 is 2.65 bits per heavy atom. The number of hydrogen-bond donors (Lipinski definition) is 2.